The predicted molar refractivity (Wildman–Crippen MR) is 112 cm³/mol. The standard InChI is InChI=1S/C23H26FNO6/c1-5-6-7-30-16-9-13-12(8-15(16)29-4)18-17(24)19(26)14(22(27)28)10-25(18)21-20(13)31-11-23(21,2)3/h8-10,20-21H,5-7,11H2,1-4H3,(H,27,28)/t20-,21+/m1/s1. The van der Waals surface area contributed by atoms with Crippen LogP contribution in [0.4, 0.5) is 4.39 Å². The van der Waals surface area contributed by atoms with Gasteiger partial charge in [-0.25, -0.2) is 9.18 Å². The molecule has 1 aromatic heterocycles. The highest BCUT2D eigenvalue weighted by molar-refractivity contribution is 5.88. The van der Waals surface area contributed by atoms with E-state index >= 15 is 4.39 Å². The average Bonchev–Trinajstić information content (AvgIpc) is 3.05. The van der Waals surface area contributed by atoms with Crippen molar-refractivity contribution in [1.29, 1.82) is 0 Å². The third kappa shape index (κ3) is 3.29. The van der Waals surface area contributed by atoms with E-state index in [4.69, 9.17) is 14.2 Å². The fourth-order valence-corrected chi connectivity index (χ4v) is 4.52. The minimum absolute atomic E-state index is 0.0447. The average molecular weight is 431 g/mol. The molecule has 0 amide bonds. The van der Waals surface area contributed by atoms with Gasteiger partial charge in [-0.3, -0.25) is 4.79 Å². The Morgan fingerprint density at radius 3 is 2.74 bits per heavy atom. The van der Waals surface area contributed by atoms with Crippen molar-refractivity contribution in [2.75, 3.05) is 20.3 Å². The second kappa shape index (κ2) is 7.67. The van der Waals surface area contributed by atoms with E-state index in [1.54, 1.807) is 16.7 Å². The number of halogens is 1. The van der Waals surface area contributed by atoms with Gasteiger partial charge in [0, 0.05) is 17.2 Å². The van der Waals surface area contributed by atoms with Crippen LogP contribution in [0.15, 0.2) is 23.1 Å². The number of benzene rings is 1. The van der Waals surface area contributed by atoms with Crippen LogP contribution in [0.1, 0.15) is 61.7 Å². The van der Waals surface area contributed by atoms with Crippen LogP contribution in [0.3, 0.4) is 0 Å². The molecule has 0 radical (unpaired) electrons. The van der Waals surface area contributed by atoms with E-state index in [-0.39, 0.29) is 11.7 Å². The van der Waals surface area contributed by atoms with Gasteiger partial charge in [-0.1, -0.05) is 27.2 Å². The molecule has 0 spiro atoms. The van der Waals surface area contributed by atoms with Gasteiger partial charge in [-0.2, -0.15) is 0 Å². The van der Waals surface area contributed by atoms with Crippen molar-refractivity contribution in [2.24, 2.45) is 5.41 Å². The van der Waals surface area contributed by atoms with Gasteiger partial charge in [-0.05, 0) is 24.1 Å². The summed E-state index contributed by atoms with van der Waals surface area (Å²) in [4.78, 5) is 24.1. The van der Waals surface area contributed by atoms with Gasteiger partial charge in [0.15, 0.2) is 17.3 Å². The number of unbranched alkanes of at least 4 members (excludes halogenated alkanes) is 1. The number of pyridine rings is 1. The molecule has 1 fully saturated rings. The van der Waals surface area contributed by atoms with E-state index in [1.165, 1.54) is 13.3 Å². The van der Waals surface area contributed by atoms with Gasteiger partial charge >= 0.3 is 5.97 Å². The van der Waals surface area contributed by atoms with Gasteiger partial charge in [0.05, 0.1) is 32.1 Å². The van der Waals surface area contributed by atoms with Gasteiger partial charge < -0.3 is 23.9 Å². The van der Waals surface area contributed by atoms with E-state index < -0.39 is 34.3 Å². The van der Waals surface area contributed by atoms with Gasteiger partial charge in [-0.15, -0.1) is 0 Å². The van der Waals surface area contributed by atoms with Crippen molar-refractivity contribution < 1.29 is 28.5 Å². The highest BCUT2D eigenvalue weighted by atomic mass is 19.1. The SMILES string of the molecule is CCCCOc1cc2c(cc1OC)-c1c(F)c(=O)c(C(=O)O)cn1[C@H]1[C@@H]2OCC1(C)C. The molecule has 0 unspecified atom stereocenters. The number of aromatic carboxylic acids is 1. The highest BCUT2D eigenvalue weighted by Crippen LogP contribution is 2.56. The maximum Gasteiger partial charge on any atom is 0.341 e. The molecule has 2 aromatic rings. The smallest absolute Gasteiger partial charge is 0.341 e. The zero-order chi connectivity index (χ0) is 22.5. The topological polar surface area (TPSA) is 87.0 Å². The molecule has 7 nitrogen and oxygen atoms in total. The molecule has 0 aliphatic carbocycles. The molecular weight excluding hydrogens is 405 g/mol. The predicted octanol–water partition coefficient (Wildman–Crippen LogP) is 4.19. The summed E-state index contributed by atoms with van der Waals surface area (Å²) in [5.41, 5.74) is -0.977. The maximum atomic E-state index is 15.4. The lowest BCUT2D eigenvalue weighted by Crippen LogP contribution is -2.34. The van der Waals surface area contributed by atoms with Crippen LogP contribution in [-0.4, -0.2) is 36.0 Å². The zero-order valence-corrected chi connectivity index (χ0v) is 18.0. The molecule has 4 rings (SSSR count). The molecule has 31 heavy (non-hydrogen) atoms. The number of methoxy groups -OCH3 is 1. The summed E-state index contributed by atoms with van der Waals surface area (Å²) in [6.45, 7) is 6.93. The Morgan fingerprint density at radius 2 is 2.10 bits per heavy atom. The first-order valence-electron chi connectivity index (χ1n) is 10.4. The third-order valence-corrected chi connectivity index (χ3v) is 6.08. The number of carboxylic acids is 1. The van der Waals surface area contributed by atoms with Crippen LogP contribution in [0.2, 0.25) is 0 Å². The first-order chi connectivity index (χ1) is 14.7. The number of hydrogen-bond acceptors (Lipinski definition) is 5. The number of carboxylic acid groups (broad SMARTS) is 1. The second-order valence-corrected chi connectivity index (χ2v) is 8.70. The number of carbonyl (C=O) groups is 1. The molecule has 1 N–H and O–H groups in total. The van der Waals surface area contributed by atoms with E-state index in [2.05, 4.69) is 6.92 Å². The summed E-state index contributed by atoms with van der Waals surface area (Å²) in [5.74, 6) is -1.62. The van der Waals surface area contributed by atoms with Gasteiger partial charge in [0.2, 0.25) is 5.43 Å². The minimum atomic E-state index is -1.46. The first-order valence-corrected chi connectivity index (χ1v) is 10.4. The van der Waals surface area contributed by atoms with Crippen molar-refractivity contribution in [1.82, 2.24) is 4.57 Å². The lowest BCUT2D eigenvalue weighted by atomic mass is 9.78. The molecule has 0 bridgehead atoms. The Bertz CT molecular complexity index is 1110. The number of hydrogen-bond donors (Lipinski definition) is 1. The summed E-state index contributed by atoms with van der Waals surface area (Å²) in [6, 6.07) is 3.04. The van der Waals surface area contributed by atoms with Crippen molar-refractivity contribution in [2.45, 2.75) is 45.8 Å². The second-order valence-electron chi connectivity index (χ2n) is 8.70. The monoisotopic (exact) mass is 431 g/mol. The Labute approximate surface area is 179 Å². The van der Waals surface area contributed by atoms with Crippen molar-refractivity contribution >= 4 is 5.97 Å². The summed E-state index contributed by atoms with van der Waals surface area (Å²) in [6.07, 6.45) is 2.64. The number of nitrogens with zero attached hydrogens (tertiary/aromatic N) is 1. The van der Waals surface area contributed by atoms with E-state index in [0.717, 1.165) is 12.8 Å². The largest absolute Gasteiger partial charge is 0.493 e. The van der Waals surface area contributed by atoms with Crippen LogP contribution in [-0.2, 0) is 4.74 Å². The lowest BCUT2D eigenvalue weighted by molar-refractivity contribution is 0.0690. The van der Waals surface area contributed by atoms with E-state index in [1.807, 2.05) is 13.8 Å². The quantitative estimate of drug-likeness (QED) is 0.690. The van der Waals surface area contributed by atoms with Crippen molar-refractivity contribution in [3.8, 4) is 22.8 Å². The molecule has 3 heterocycles. The number of fused-ring (bicyclic) bond motifs is 6. The number of rotatable bonds is 6. The first kappa shape index (κ1) is 21.4. The molecule has 8 heteroatoms. The third-order valence-electron chi connectivity index (χ3n) is 6.08. The van der Waals surface area contributed by atoms with Crippen LogP contribution in [0, 0.1) is 11.2 Å². The van der Waals surface area contributed by atoms with Crippen LogP contribution in [0.25, 0.3) is 11.3 Å². The molecule has 1 saturated heterocycles. The molecule has 0 saturated carbocycles. The summed E-state index contributed by atoms with van der Waals surface area (Å²) in [7, 11) is 1.49. The Balaban J connectivity index is 2.00. The zero-order valence-electron chi connectivity index (χ0n) is 18.0. The van der Waals surface area contributed by atoms with Gasteiger partial charge in [0.25, 0.3) is 0 Å². The maximum absolute atomic E-state index is 15.4. The highest BCUT2D eigenvalue weighted by Gasteiger charge is 2.50. The normalized spacial score (nSPS) is 20.5. The molecule has 1 aromatic carbocycles. The minimum Gasteiger partial charge on any atom is -0.493 e. The molecule has 166 valence electrons. The molecule has 2 aliphatic heterocycles. The Morgan fingerprint density at radius 1 is 1.35 bits per heavy atom. The van der Waals surface area contributed by atoms with Gasteiger partial charge in [0.1, 0.15) is 11.7 Å². The van der Waals surface area contributed by atoms with E-state index in [0.29, 0.717) is 35.8 Å². The number of aromatic nitrogens is 1. The molecule has 2 atom stereocenters. The van der Waals surface area contributed by atoms with E-state index in [9.17, 15) is 14.7 Å². The lowest BCUT2D eigenvalue weighted by Gasteiger charge is -2.38. The Hall–Kier alpha value is -2.87. The summed E-state index contributed by atoms with van der Waals surface area (Å²) in [5, 5.41) is 9.43. The van der Waals surface area contributed by atoms with Crippen molar-refractivity contribution in [3.05, 3.63) is 45.5 Å². The summed E-state index contributed by atoms with van der Waals surface area (Å²) < 4.78 is 34.4. The van der Waals surface area contributed by atoms with Crippen LogP contribution < -0.4 is 14.9 Å². The number of ether oxygens (including phenoxy) is 3. The summed E-state index contributed by atoms with van der Waals surface area (Å²) >= 11 is 0. The fraction of sp³-hybridized carbons (Fsp3) is 0.478. The van der Waals surface area contributed by atoms with Crippen LogP contribution in [0.5, 0.6) is 11.5 Å². The van der Waals surface area contributed by atoms with Crippen LogP contribution >= 0.6 is 0 Å². The molecule has 2 aliphatic rings. The van der Waals surface area contributed by atoms with Crippen molar-refractivity contribution in [3.63, 3.8) is 0 Å². The molecular formula is C23H26FNO6. The Kier molecular flexibility index (Phi) is 5.29. The fourth-order valence-electron chi connectivity index (χ4n) is 4.52.